The van der Waals surface area contributed by atoms with E-state index in [0.29, 0.717) is 6.10 Å². The van der Waals surface area contributed by atoms with Crippen LogP contribution in [0, 0.1) is 0 Å². The van der Waals surface area contributed by atoms with Gasteiger partial charge >= 0.3 is 0 Å². The zero-order chi connectivity index (χ0) is 13.9. The van der Waals surface area contributed by atoms with E-state index in [1.54, 1.807) is 6.92 Å². The summed E-state index contributed by atoms with van der Waals surface area (Å²) in [6, 6.07) is 6.56. The first-order valence-electron chi connectivity index (χ1n) is 7.75. The summed E-state index contributed by atoms with van der Waals surface area (Å²) in [4.78, 5) is 13.6. The van der Waals surface area contributed by atoms with Crippen LogP contribution in [0.1, 0.15) is 43.7 Å². The Morgan fingerprint density at radius 3 is 3.00 bits per heavy atom. The molecule has 2 aliphatic rings. The molecule has 0 saturated carbocycles. The number of rotatable bonds is 2. The van der Waals surface area contributed by atoms with Gasteiger partial charge < -0.3 is 9.64 Å². The van der Waals surface area contributed by atoms with E-state index in [2.05, 4.69) is 18.2 Å². The van der Waals surface area contributed by atoms with Crippen molar-refractivity contribution >= 4 is 11.6 Å². The second-order valence-corrected chi connectivity index (χ2v) is 5.93. The number of benzene rings is 1. The van der Waals surface area contributed by atoms with Crippen LogP contribution in [-0.4, -0.2) is 25.2 Å². The second-order valence-electron chi connectivity index (χ2n) is 5.93. The van der Waals surface area contributed by atoms with Gasteiger partial charge in [-0.05, 0) is 55.7 Å². The summed E-state index contributed by atoms with van der Waals surface area (Å²) in [6.07, 6.45) is 7.20. The molecule has 3 nitrogen and oxygen atoms in total. The van der Waals surface area contributed by atoms with Crippen molar-refractivity contribution in [1.29, 1.82) is 0 Å². The van der Waals surface area contributed by atoms with Gasteiger partial charge in [0, 0.05) is 25.8 Å². The van der Waals surface area contributed by atoms with Gasteiger partial charge in [0.15, 0.2) is 0 Å². The van der Waals surface area contributed by atoms with Crippen molar-refractivity contribution in [1.82, 2.24) is 0 Å². The van der Waals surface area contributed by atoms with Gasteiger partial charge in [0.05, 0.1) is 6.10 Å². The standard InChI is InChI=1S/C17H23NO2/c1-13(19)18-9-4-5-15-11-14(7-8-17(15)18)12-16-6-2-3-10-20-16/h7-8,11,16H,2-6,9-10,12H2,1H3. The maximum atomic E-state index is 11.7. The lowest BCUT2D eigenvalue weighted by molar-refractivity contribution is -0.116. The lowest BCUT2D eigenvalue weighted by Gasteiger charge is -2.29. The molecule has 1 atom stereocenters. The van der Waals surface area contributed by atoms with E-state index in [1.807, 2.05) is 4.90 Å². The Balaban J connectivity index is 1.76. The van der Waals surface area contributed by atoms with Gasteiger partial charge in [-0.1, -0.05) is 12.1 Å². The van der Waals surface area contributed by atoms with Crippen molar-refractivity contribution in [3.05, 3.63) is 29.3 Å². The maximum absolute atomic E-state index is 11.7. The van der Waals surface area contributed by atoms with E-state index in [-0.39, 0.29) is 5.91 Å². The van der Waals surface area contributed by atoms with Gasteiger partial charge in [-0.3, -0.25) is 4.79 Å². The SMILES string of the molecule is CC(=O)N1CCCc2cc(CC3CCCCO3)ccc21. The van der Waals surface area contributed by atoms with E-state index in [1.165, 1.54) is 30.4 Å². The van der Waals surface area contributed by atoms with Crippen molar-refractivity contribution in [2.75, 3.05) is 18.1 Å². The lowest BCUT2D eigenvalue weighted by atomic mass is 9.95. The van der Waals surface area contributed by atoms with Crippen LogP contribution in [0.5, 0.6) is 0 Å². The molecule has 3 heteroatoms. The molecular weight excluding hydrogens is 250 g/mol. The molecule has 0 radical (unpaired) electrons. The number of hydrogen-bond acceptors (Lipinski definition) is 2. The summed E-state index contributed by atoms with van der Waals surface area (Å²) in [5.41, 5.74) is 3.78. The zero-order valence-electron chi connectivity index (χ0n) is 12.2. The Kier molecular flexibility index (Phi) is 4.06. The Morgan fingerprint density at radius 1 is 1.35 bits per heavy atom. The predicted octanol–water partition coefficient (Wildman–Crippen LogP) is 3.10. The van der Waals surface area contributed by atoms with Crippen LogP contribution in [0.3, 0.4) is 0 Å². The first-order chi connectivity index (χ1) is 9.74. The zero-order valence-corrected chi connectivity index (χ0v) is 12.2. The number of aryl methyl sites for hydroxylation is 1. The molecule has 0 aromatic heterocycles. The molecule has 0 spiro atoms. The minimum Gasteiger partial charge on any atom is -0.378 e. The Labute approximate surface area is 120 Å². The fourth-order valence-corrected chi connectivity index (χ4v) is 3.34. The average Bonchev–Trinajstić information content (AvgIpc) is 2.47. The first kappa shape index (κ1) is 13.6. The summed E-state index contributed by atoms with van der Waals surface area (Å²) in [5.74, 6) is 0.148. The first-order valence-corrected chi connectivity index (χ1v) is 7.75. The van der Waals surface area contributed by atoms with Crippen LogP contribution in [-0.2, 0) is 22.4 Å². The Bertz CT molecular complexity index is 492. The number of amides is 1. The summed E-state index contributed by atoms with van der Waals surface area (Å²) in [7, 11) is 0. The summed E-state index contributed by atoms with van der Waals surface area (Å²) >= 11 is 0. The van der Waals surface area contributed by atoms with E-state index in [9.17, 15) is 4.79 Å². The third-order valence-corrected chi connectivity index (χ3v) is 4.38. The minimum atomic E-state index is 0.148. The quantitative estimate of drug-likeness (QED) is 0.828. The smallest absolute Gasteiger partial charge is 0.223 e. The molecule has 0 bridgehead atoms. The number of nitrogens with zero attached hydrogens (tertiary/aromatic N) is 1. The van der Waals surface area contributed by atoms with Crippen LogP contribution in [0.15, 0.2) is 18.2 Å². The summed E-state index contributed by atoms with van der Waals surface area (Å²) < 4.78 is 5.82. The molecule has 20 heavy (non-hydrogen) atoms. The summed E-state index contributed by atoms with van der Waals surface area (Å²) in [6.45, 7) is 3.42. The number of hydrogen-bond donors (Lipinski definition) is 0. The molecular formula is C17H23NO2. The predicted molar refractivity (Wildman–Crippen MR) is 80.1 cm³/mol. The van der Waals surface area contributed by atoms with Gasteiger partial charge in [0.25, 0.3) is 0 Å². The average molecular weight is 273 g/mol. The van der Waals surface area contributed by atoms with Gasteiger partial charge in [0.2, 0.25) is 5.91 Å². The monoisotopic (exact) mass is 273 g/mol. The molecule has 1 aromatic rings. The van der Waals surface area contributed by atoms with Gasteiger partial charge in [-0.15, -0.1) is 0 Å². The Hall–Kier alpha value is -1.35. The number of fused-ring (bicyclic) bond motifs is 1. The van der Waals surface area contributed by atoms with Gasteiger partial charge in [-0.2, -0.15) is 0 Å². The second kappa shape index (κ2) is 5.96. The molecule has 1 fully saturated rings. The van der Waals surface area contributed by atoms with Crippen molar-refractivity contribution in [3.8, 4) is 0 Å². The maximum Gasteiger partial charge on any atom is 0.223 e. The van der Waals surface area contributed by atoms with Crippen molar-refractivity contribution in [2.24, 2.45) is 0 Å². The summed E-state index contributed by atoms with van der Waals surface area (Å²) in [5, 5.41) is 0. The van der Waals surface area contributed by atoms with Gasteiger partial charge in [-0.25, -0.2) is 0 Å². The van der Waals surface area contributed by atoms with Crippen molar-refractivity contribution < 1.29 is 9.53 Å². The third-order valence-electron chi connectivity index (χ3n) is 4.38. The number of carbonyl (C=O) groups is 1. The van der Waals surface area contributed by atoms with Crippen molar-refractivity contribution in [3.63, 3.8) is 0 Å². The van der Waals surface area contributed by atoms with Crippen LogP contribution in [0.4, 0.5) is 5.69 Å². The van der Waals surface area contributed by atoms with E-state index < -0.39 is 0 Å². The molecule has 108 valence electrons. The van der Waals surface area contributed by atoms with E-state index in [4.69, 9.17) is 4.74 Å². The molecule has 1 aromatic carbocycles. The highest BCUT2D eigenvalue weighted by Gasteiger charge is 2.21. The van der Waals surface area contributed by atoms with Gasteiger partial charge in [0.1, 0.15) is 0 Å². The number of anilines is 1. The normalized spacial score (nSPS) is 22.4. The fourth-order valence-electron chi connectivity index (χ4n) is 3.34. The topological polar surface area (TPSA) is 29.5 Å². The largest absolute Gasteiger partial charge is 0.378 e. The highest BCUT2D eigenvalue weighted by atomic mass is 16.5. The highest BCUT2D eigenvalue weighted by molar-refractivity contribution is 5.92. The molecule has 0 N–H and O–H groups in total. The lowest BCUT2D eigenvalue weighted by Crippen LogP contribution is -2.33. The molecule has 1 amide bonds. The minimum absolute atomic E-state index is 0.148. The fraction of sp³-hybridized carbons (Fsp3) is 0.588. The highest BCUT2D eigenvalue weighted by Crippen LogP contribution is 2.29. The molecule has 0 aliphatic carbocycles. The number of ether oxygens (including phenoxy) is 1. The van der Waals surface area contributed by atoms with E-state index in [0.717, 1.165) is 38.1 Å². The molecule has 1 saturated heterocycles. The van der Waals surface area contributed by atoms with Crippen LogP contribution in [0.2, 0.25) is 0 Å². The van der Waals surface area contributed by atoms with E-state index >= 15 is 0 Å². The van der Waals surface area contributed by atoms with Crippen LogP contribution < -0.4 is 4.90 Å². The third kappa shape index (κ3) is 2.88. The number of carbonyl (C=O) groups excluding carboxylic acids is 1. The van der Waals surface area contributed by atoms with Crippen LogP contribution in [0.25, 0.3) is 0 Å². The Morgan fingerprint density at radius 2 is 2.25 bits per heavy atom. The van der Waals surface area contributed by atoms with Crippen LogP contribution >= 0.6 is 0 Å². The molecule has 2 aliphatic heterocycles. The molecule has 2 heterocycles. The molecule has 3 rings (SSSR count). The van der Waals surface area contributed by atoms with Crippen molar-refractivity contribution in [2.45, 2.75) is 51.6 Å². The molecule has 1 unspecified atom stereocenters.